The summed E-state index contributed by atoms with van der Waals surface area (Å²) in [6, 6.07) is 10.2. The molecule has 3 N–H and O–H groups in total. The Hall–Kier alpha value is -1.41. The second-order valence-electron chi connectivity index (χ2n) is 6.31. The van der Waals surface area contributed by atoms with Gasteiger partial charge in [-0.3, -0.25) is 9.82 Å². The van der Waals surface area contributed by atoms with Gasteiger partial charge in [0.15, 0.2) is 5.82 Å². The summed E-state index contributed by atoms with van der Waals surface area (Å²) in [6.45, 7) is -0.355. The minimum atomic E-state index is -4.28. The van der Waals surface area contributed by atoms with Crippen LogP contribution in [0.4, 0.5) is 0 Å². The van der Waals surface area contributed by atoms with Crippen molar-refractivity contribution in [2.24, 2.45) is 0 Å². The first kappa shape index (κ1) is 27.2. The number of benzene rings is 2. The minimum Gasteiger partial charge on any atom is -0.478 e. The maximum absolute atomic E-state index is 13.2. The third-order valence-corrected chi connectivity index (χ3v) is 9.95. The van der Waals surface area contributed by atoms with Crippen molar-refractivity contribution in [1.82, 2.24) is 14.8 Å². The van der Waals surface area contributed by atoms with Crippen molar-refractivity contribution in [3.05, 3.63) is 53.6 Å². The lowest BCUT2D eigenvalue weighted by Gasteiger charge is -2.16. The lowest BCUT2D eigenvalue weighted by molar-refractivity contribution is -0.432. The van der Waals surface area contributed by atoms with Gasteiger partial charge in [0.05, 0.1) is 23.3 Å². The van der Waals surface area contributed by atoms with E-state index in [1.807, 2.05) is 0 Å². The molecule has 3 rings (SSSR count). The Labute approximate surface area is 221 Å². The lowest BCUT2D eigenvalue weighted by atomic mass is 10.1. The third-order valence-electron chi connectivity index (χ3n) is 4.17. The van der Waals surface area contributed by atoms with Gasteiger partial charge in [0.1, 0.15) is 6.61 Å². The molecule has 0 bridgehead atoms. The van der Waals surface area contributed by atoms with Crippen LogP contribution in [0.2, 0.25) is 0 Å². The van der Waals surface area contributed by atoms with Crippen LogP contribution in [0.1, 0.15) is 15.9 Å². The number of rotatable bonds is 9. The van der Waals surface area contributed by atoms with E-state index in [4.69, 9.17) is 10.5 Å². The molecule has 182 valence electrons. The third kappa shape index (κ3) is 5.86. The number of hydrogen-bond acceptors (Lipinski definition) is 11. The van der Waals surface area contributed by atoms with Crippen LogP contribution in [0.3, 0.4) is 0 Å². The molecule has 0 spiro atoms. The van der Waals surface area contributed by atoms with Crippen molar-refractivity contribution < 1.29 is 43.1 Å². The molecule has 0 radical (unpaired) electrons. The van der Waals surface area contributed by atoms with E-state index >= 15 is 0 Å². The molecule has 3 aromatic rings. The predicted molar refractivity (Wildman–Crippen MR) is 129 cm³/mol. The fourth-order valence-corrected chi connectivity index (χ4v) is 5.21. The van der Waals surface area contributed by atoms with E-state index in [2.05, 4.69) is 72.2 Å². The maximum atomic E-state index is 13.2. The quantitative estimate of drug-likeness (QED) is 0.122. The fraction of sp³-hybridized carbons (Fsp3) is 0.118. The molecule has 0 aliphatic carbocycles. The zero-order valence-corrected chi connectivity index (χ0v) is 22.7. The molecule has 0 aliphatic heterocycles. The van der Waals surface area contributed by atoms with Crippen LogP contribution in [0, 0.1) is 0 Å². The predicted octanol–water partition coefficient (Wildman–Crippen LogP) is 4.62. The first-order chi connectivity index (χ1) is 16.0. The fourth-order valence-electron chi connectivity index (χ4n) is 2.77. The SMILES string of the molecule is O=C(O)c1cc(COO)cc(-n2c(-c3ccc(SOOO)cc3)nnc2S(=O)(=O)C(Br)(Br)Br)c1. The van der Waals surface area contributed by atoms with E-state index < -0.39 is 22.4 Å². The molecule has 0 amide bonds. The highest BCUT2D eigenvalue weighted by atomic mass is 80.0. The summed E-state index contributed by atoms with van der Waals surface area (Å²) >= 11 is 9.68. The van der Waals surface area contributed by atoms with Crippen molar-refractivity contribution in [3.63, 3.8) is 0 Å². The standard InChI is InChI=1S/C17H12Br3N3O9S2/c18-17(19,20)34(28,29)16-22-21-14(10-1-3-13(4-2-10)33-32-31-27)23(16)12-6-9(8-30-26)5-11(7-12)15(24)25/h1-7,26-27H,8H2,(H,24,25). The first-order valence-corrected chi connectivity index (χ1v) is 13.3. The van der Waals surface area contributed by atoms with E-state index in [-0.39, 0.29) is 29.2 Å². The van der Waals surface area contributed by atoms with Crippen LogP contribution >= 0.6 is 59.8 Å². The van der Waals surface area contributed by atoms with Crippen LogP contribution in [-0.4, -0.2) is 46.2 Å². The van der Waals surface area contributed by atoms with Crippen molar-refractivity contribution in [2.75, 3.05) is 0 Å². The number of carboxylic acids is 1. The molecule has 1 heterocycles. The van der Waals surface area contributed by atoms with Crippen molar-refractivity contribution in [2.45, 2.75) is 18.1 Å². The Kier molecular flexibility index (Phi) is 8.88. The zero-order chi connectivity index (χ0) is 25.1. The number of alkyl halides is 3. The van der Waals surface area contributed by atoms with Crippen LogP contribution in [0.15, 0.2) is 52.5 Å². The van der Waals surface area contributed by atoms with Gasteiger partial charge in [-0.2, -0.15) is 0 Å². The highest BCUT2D eigenvalue weighted by Crippen LogP contribution is 2.44. The number of carbonyl (C=O) groups is 1. The Morgan fingerprint density at radius 3 is 2.32 bits per heavy atom. The van der Waals surface area contributed by atoms with E-state index in [0.717, 1.165) is 16.6 Å². The van der Waals surface area contributed by atoms with Gasteiger partial charge in [-0.25, -0.2) is 23.4 Å². The van der Waals surface area contributed by atoms with Crippen LogP contribution in [-0.2, 0) is 30.7 Å². The van der Waals surface area contributed by atoms with Gasteiger partial charge < -0.3 is 5.11 Å². The zero-order valence-electron chi connectivity index (χ0n) is 16.3. The number of nitrogens with zero attached hydrogens (tertiary/aromatic N) is 3. The van der Waals surface area contributed by atoms with Crippen molar-refractivity contribution >= 4 is 75.6 Å². The number of carboxylic acid groups (broad SMARTS) is 1. The van der Waals surface area contributed by atoms with Crippen LogP contribution in [0.25, 0.3) is 17.1 Å². The molecule has 0 aliphatic rings. The molecule has 0 saturated carbocycles. The molecular weight excluding hydrogens is 694 g/mol. The maximum Gasteiger partial charge on any atom is 0.335 e. The highest BCUT2D eigenvalue weighted by Gasteiger charge is 2.42. The second kappa shape index (κ2) is 11.1. The highest BCUT2D eigenvalue weighted by molar-refractivity contribution is 9.42. The lowest BCUT2D eigenvalue weighted by Crippen LogP contribution is -2.22. The van der Waals surface area contributed by atoms with Crippen LogP contribution < -0.4 is 0 Å². The second-order valence-corrected chi connectivity index (χ2v) is 17.4. The number of halogens is 3. The molecular formula is C17H12Br3N3O9S2. The number of sulfone groups is 1. The molecule has 1 aromatic heterocycles. The molecule has 0 atom stereocenters. The van der Waals surface area contributed by atoms with Gasteiger partial charge in [-0.15, -0.1) is 14.5 Å². The molecule has 34 heavy (non-hydrogen) atoms. The molecule has 2 aromatic carbocycles. The van der Waals surface area contributed by atoms with Gasteiger partial charge >= 0.3 is 5.97 Å². The van der Waals surface area contributed by atoms with E-state index in [1.54, 1.807) is 24.3 Å². The minimum absolute atomic E-state index is 0.0598. The first-order valence-electron chi connectivity index (χ1n) is 8.65. The smallest absolute Gasteiger partial charge is 0.335 e. The summed E-state index contributed by atoms with van der Waals surface area (Å²) in [5, 5.41) is 37.6. The van der Waals surface area contributed by atoms with Gasteiger partial charge in [-0.1, -0.05) is 5.04 Å². The van der Waals surface area contributed by atoms with Crippen LogP contribution in [0.5, 0.6) is 0 Å². The summed E-state index contributed by atoms with van der Waals surface area (Å²) in [6.07, 6.45) is 0. The average Bonchev–Trinajstić information content (AvgIpc) is 3.23. The molecule has 0 fully saturated rings. The van der Waals surface area contributed by atoms with Gasteiger partial charge in [0.25, 0.3) is 5.16 Å². The Morgan fingerprint density at radius 2 is 1.76 bits per heavy atom. The Bertz CT molecular complexity index is 1300. The summed E-state index contributed by atoms with van der Waals surface area (Å²) in [5.74, 6) is -1.23. The van der Waals surface area contributed by atoms with E-state index in [1.165, 1.54) is 18.2 Å². The summed E-state index contributed by atoms with van der Waals surface area (Å²) in [5.41, 5.74) is 0.547. The van der Waals surface area contributed by atoms with Gasteiger partial charge in [-0.05, 0) is 95.8 Å². The normalized spacial score (nSPS) is 12.1. The summed E-state index contributed by atoms with van der Waals surface area (Å²) in [7, 11) is -4.28. The molecule has 17 heteroatoms. The largest absolute Gasteiger partial charge is 0.478 e. The van der Waals surface area contributed by atoms with Gasteiger partial charge in [0.2, 0.25) is 11.3 Å². The topological polar surface area (TPSA) is 170 Å². The molecule has 0 saturated heterocycles. The van der Waals surface area contributed by atoms with Gasteiger partial charge in [0, 0.05) is 10.5 Å². The Morgan fingerprint density at radius 1 is 1.09 bits per heavy atom. The summed E-state index contributed by atoms with van der Waals surface area (Å²) in [4.78, 5) is 16.3. The van der Waals surface area contributed by atoms with Crippen molar-refractivity contribution in [1.29, 1.82) is 0 Å². The summed E-state index contributed by atoms with van der Waals surface area (Å²) < 4.78 is 30.1. The number of aromatic carboxylic acids is 1. The molecule has 0 unspecified atom stereocenters. The van der Waals surface area contributed by atoms with E-state index in [9.17, 15) is 18.3 Å². The number of hydrogen-bond donors (Lipinski definition) is 3. The van der Waals surface area contributed by atoms with E-state index in [0.29, 0.717) is 10.5 Å². The monoisotopic (exact) mass is 703 g/mol. The van der Waals surface area contributed by atoms with Crippen molar-refractivity contribution in [3.8, 4) is 17.1 Å². The average molecular weight is 706 g/mol. The number of aromatic nitrogens is 3. The Balaban J connectivity index is 2.28. The molecule has 12 nitrogen and oxygen atoms in total.